The standard InChI is InChI=1S/C14H28/c1-6-8-10-13(4)14(5)11-12(3)9-7-2/h11-13H,6-10H2,1-5H3. The SMILES string of the molecule is CCCCC(C)C(C)=CC(C)CCC. The molecule has 0 aliphatic rings. The van der Waals surface area contributed by atoms with E-state index in [1.807, 2.05) is 0 Å². The zero-order valence-electron chi connectivity index (χ0n) is 10.8. The van der Waals surface area contributed by atoms with Crippen molar-refractivity contribution < 1.29 is 0 Å². The van der Waals surface area contributed by atoms with E-state index < -0.39 is 0 Å². The Morgan fingerprint density at radius 2 is 1.71 bits per heavy atom. The number of rotatable bonds is 7. The second-order valence-electron chi connectivity index (χ2n) is 4.72. The largest absolute Gasteiger partial charge is 0.0825 e. The Balaban J connectivity index is 3.94. The van der Waals surface area contributed by atoms with Crippen molar-refractivity contribution in [3.05, 3.63) is 11.6 Å². The summed E-state index contributed by atoms with van der Waals surface area (Å²) in [5.41, 5.74) is 1.60. The zero-order chi connectivity index (χ0) is 11.0. The topological polar surface area (TPSA) is 0 Å². The molecular weight excluding hydrogens is 168 g/mol. The molecule has 0 heteroatoms. The lowest BCUT2D eigenvalue weighted by Gasteiger charge is -2.14. The second kappa shape index (κ2) is 8.08. The van der Waals surface area contributed by atoms with E-state index in [-0.39, 0.29) is 0 Å². The van der Waals surface area contributed by atoms with Gasteiger partial charge in [0, 0.05) is 0 Å². The lowest BCUT2D eigenvalue weighted by Crippen LogP contribution is -1.99. The van der Waals surface area contributed by atoms with Gasteiger partial charge in [0.15, 0.2) is 0 Å². The van der Waals surface area contributed by atoms with Crippen LogP contribution in [0.4, 0.5) is 0 Å². The van der Waals surface area contributed by atoms with Gasteiger partial charge in [-0.3, -0.25) is 0 Å². The first-order valence-corrected chi connectivity index (χ1v) is 6.30. The van der Waals surface area contributed by atoms with Crippen LogP contribution in [0, 0.1) is 11.8 Å². The summed E-state index contributed by atoms with van der Waals surface area (Å²) in [5, 5.41) is 0. The Morgan fingerprint density at radius 3 is 2.21 bits per heavy atom. The first-order valence-electron chi connectivity index (χ1n) is 6.30. The van der Waals surface area contributed by atoms with E-state index in [0.717, 1.165) is 11.8 Å². The van der Waals surface area contributed by atoms with Crippen molar-refractivity contribution in [2.45, 2.75) is 66.7 Å². The van der Waals surface area contributed by atoms with Gasteiger partial charge in [-0.1, -0.05) is 58.6 Å². The lowest BCUT2D eigenvalue weighted by atomic mass is 9.92. The van der Waals surface area contributed by atoms with Crippen LogP contribution in [0.25, 0.3) is 0 Å². The van der Waals surface area contributed by atoms with E-state index >= 15 is 0 Å². The molecule has 0 aromatic carbocycles. The molecule has 0 heterocycles. The molecule has 0 aliphatic carbocycles. The molecule has 0 saturated carbocycles. The van der Waals surface area contributed by atoms with Crippen LogP contribution in [0.1, 0.15) is 66.7 Å². The van der Waals surface area contributed by atoms with Crippen molar-refractivity contribution in [1.82, 2.24) is 0 Å². The molecule has 2 unspecified atom stereocenters. The van der Waals surface area contributed by atoms with Crippen LogP contribution in [0.3, 0.4) is 0 Å². The van der Waals surface area contributed by atoms with Crippen molar-refractivity contribution in [2.24, 2.45) is 11.8 Å². The minimum atomic E-state index is 0.768. The number of allylic oxidation sites excluding steroid dienone is 2. The van der Waals surface area contributed by atoms with Crippen molar-refractivity contribution in [1.29, 1.82) is 0 Å². The molecule has 14 heavy (non-hydrogen) atoms. The van der Waals surface area contributed by atoms with Crippen molar-refractivity contribution in [3.63, 3.8) is 0 Å². The lowest BCUT2D eigenvalue weighted by molar-refractivity contribution is 0.556. The van der Waals surface area contributed by atoms with Crippen molar-refractivity contribution in [2.75, 3.05) is 0 Å². The van der Waals surface area contributed by atoms with Gasteiger partial charge < -0.3 is 0 Å². The fourth-order valence-corrected chi connectivity index (χ4v) is 1.89. The normalized spacial score (nSPS) is 16.8. The van der Waals surface area contributed by atoms with E-state index in [4.69, 9.17) is 0 Å². The molecule has 0 aromatic rings. The molecule has 0 fully saturated rings. The zero-order valence-corrected chi connectivity index (χ0v) is 10.8. The Bertz CT molecular complexity index is 155. The summed E-state index contributed by atoms with van der Waals surface area (Å²) in [6.45, 7) is 11.5. The molecule has 0 nitrogen and oxygen atoms in total. The number of hydrogen-bond acceptors (Lipinski definition) is 0. The molecule has 2 atom stereocenters. The third-order valence-corrected chi connectivity index (χ3v) is 3.06. The maximum atomic E-state index is 2.48. The highest BCUT2D eigenvalue weighted by Crippen LogP contribution is 2.20. The monoisotopic (exact) mass is 196 g/mol. The number of unbranched alkanes of at least 4 members (excludes halogenated alkanes) is 1. The summed E-state index contributed by atoms with van der Waals surface area (Å²) in [7, 11) is 0. The van der Waals surface area contributed by atoms with E-state index in [1.165, 1.54) is 32.1 Å². The van der Waals surface area contributed by atoms with Gasteiger partial charge in [-0.05, 0) is 31.6 Å². The van der Waals surface area contributed by atoms with Gasteiger partial charge in [-0.15, -0.1) is 0 Å². The van der Waals surface area contributed by atoms with Crippen LogP contribution in [-0.2, 0) is 0 Å². The molecule has 0 aromatic heterocycles. The quantitative estimate of drug-likeness (QED) is 0.491. The third kappa shape index (κ3) is 6.23. The van der Waals surface area contributed by atoms with Crippen LogP contribution >= 0.6 is 0 Å². The molecule has 0 spiro atoms. The predicted octanol–water partition coefficient (Wildman–Crippen LogP) is 5.20. The van der Waals surface area contributed by atoms with Crippen LogP contribution in [0.5, 0.6) is 0 Å². The highest BCUT2D eigenvalue weighted by atomic mass is 14.1. The van der Waals surface area contributed by atoms with Gasteiger partial charge >= 0.3 is 0 Å². The molecule has 0 aliphatic heterocycles. The summed E-state index contributed by atoms with van der Waals surface area (Å²) in [4.78, 5) is 0. The first kappa shape index (κ1) is 13.7. The van der Waals surface area contributed by atoms with Crippen LogP contribution in [-0.4, -0.2) is 0 Å². The van der Waals surface area contributed by atoms with Crippen LogP contribution in [0.15, 0.2) is 11.6 Å². The summed E-state index contributed by atoms with van der Waals surface area (Å²) in [6.07, 6.45) is 9.16. The maximum Gasteiger partial charge on any atom is -0.0234 e. The van der Waals surface area contributed by atoms with Gasteiger partial charge in [-0.25, -0.2) is 0 Å². The molecule has 84 valence electrons. The highest BCUT2D eigenvalue weighted by Gasteiger charge is 2.05. The minimum absolute atomic E-state index is 0.768. The van der Waals surface area contributed by atoms with E-state index in [2.05, 4.69) is 40.7 Å². The average molecular weight is 196 g/mol. The van der Waals surface area contributed by atoms with E-state index in [9.17, 15) is 0 Å². The summed E-state index contributed by atoms with van der Waals surface area (Å²) in [6, 6.07) is 0. The Kier molecular flexibility index (Phi) is 7.93. The fourth-order valence-electron chi connectivity index (χ4n) is 1.89. The van der Waals surface area contributed by atoms with Crippen LogP contribution in [0.2, 0.25) is 0 Å². The molecular formula is C14H28. The van der Waals surface area contributed by atoms with Gasteiger partial charge in [0.2, 0.25) is 0 Å². The fraction of sp³-hybridized carbons (Fsp3) is 0.857. The third-order valence-electron chi connectivity index (χ3n) is 3.06. The van der Waals surface area contributed by atoms with Gasteiger partial charge in [0.1, 0.15) is 0 Å². The Hall–Kier alpha value is -0.260. The Morgan fingerprint density at radius 1 is 1.07 bits per heavy atom. The molecule has 0 rings (SSSR count). The molecule has 0 radical (unpaired) electrons. The molecule has 0 N–H and O–H groups in total. The predicted molar refractivity (Wildman–Crippen MR) is 66.5 cm³/mol. The highest BCUT2D eigenvalue weighted by molar-refractivity contribution is 5.03. The second-order valence-corrected chi connectivity index (χ2v) is 4.72. The Labute approximate surface area is 90.8 Å². The average Bonchev–Trinajstić information content (AvgIpc) is 2.14. The van der Waals surface area contributed by atoms with Crippen molar-refractivity contribution in [3.8, 4) is 0 Å². The van der Waals surface area contributed by atoms with Crippen LogP contribution < -0.4 is 0 Å². The van der Waals surface area contributed by atoms with Gasteiger partial charge in [-0.2, -0.15) is 0 Å². The molecule has 0 saturated heterocycles. The van der Waals surface area contributed by atoms with Gasteiger partial charge in [0.25, 0.3) is 0 Å². The first-order chi connectivity index (χ1) is 6.61. The molecule has 0 bridgehead atoms. The van der Waals surface area contributed by atoms with E-state index in [1.54, 1.807) is 5.57 Å². The van der Waals surface area contributed by atoms with Gasteiger partial charge in [0.05, 0.1) is 0 Å². The van der Waals surface area contributed by atoms with Crippen molar-refractivity contribution >= 4 is 0 Å². The smallest absolute Gasteiger partial charge is 0.0234 e. The summed E-state index contributed by atoms with van der Waals surface area (Å²) < 4.78 is 0. The molecule has 0 amide bonds. The summed E-state index contributed by atoms with van der Waals surface area (Å²) >= 11 is 0. The maximum absolute atomic E-state index is 2.48. The summed E-state index contributed by atoms with van der Waals surface area (Å²) in [5.74, 6) is 1.55. The number of hydrogen-bond donors (Lipinski definition) is 0. The van der Waals surface area contributed by atoms with E-state index in [0.29, 0.717) is 0 Å². The minimum Gasteiger partial charge on any atom is -0.0825 e.